The molecule has 6 rings (SSSR count). The molecule has 2 N–H and O–H groups in total. The molecule has 1 aromatic heterocycles. The van der Waals surface area contributed by atoms with Gasteiger partial charge in [0, 0.05) is 56.6 Å². The number of morpholine rings is 1. The highest BCUT2D eigenvalue weighted by molar-refractivity contribution is 6.05. The van der Waals surface area contributed by atoms with Crippen LogP contribution in [-0.2, 0) is 11.3 Å². The molecule has 2 bridgehead atoms. The smallest absolute Gasteiger partial charge is 0.274 e. The Morgan fingerprint density at radius 2 is 2.05 bits per heavy atom. The third-order valence-corrected chi connectivity index (χ3v) is 7.58. The van der Waals surface area contributed by atoms with Crippen LogP contribution < -0.4 is 20.3 Å². The molecule has 0 spiro atoms. The number of nitrogens with one attached hydrogen (secondary N) is 2. The number of anilines is 2. The summed E-state index contributed by atoms with van der Waals surface area (Å²) in [6.45, 7) is 4.84. The van der Waals surface area contributed by atoms with Gasteiger partial charge in [-0.15, -0.1) is 0 Å². The molecule has 1 amide bonds. The first-order chi connectivity index (χ1) is 19.0. The highest BCUT2D eigenvalue weighted by atomic mass is 19.1. The van der Waals surface area contributed by atoms with Crippen molar-refractivity contribution in [1.29, 1.82) is 0 Å². The Hall–Kier alpha value is -3.67. The molecule has 0 aliphatic carbocycles. The lowest BCUT2D eigenvalue weighted by molar-refractivity contribution is 0.0337. The minimum Gasteiger partial charge on any atom is -0.496 e. The topological polar surface area (TPSA) is 91.8 Å². The van der Waals surface area contributed by atoms with Gasteiger partial charge in [-0.05, 0) is 36.8 Å². The van der Waals surface area contributed by atoms with Crippen molar-refractivity contribution in [3.8, 4) is 17.1 Å². The molecule has 2 aromatic carbocycles. The van der Waals surface area contributed by atoms with E-state index >= 15 is 4.39 Å². The van der Waals surface area contributed by atoms with E-state index in [4.69, 9.17) is 9.47 Å². The van der Waals surface area contributed by atoms with Gasteiger partial charge in [0.25, 0.3) is 5.91 Å². The van der Waals surface area contributed by atoms with Crippen molar-refractivity contribution in [3.63, 3.8) is 0 Å². The molecule has 0 radical (unpaired) electrons. The fraction of sp³-hybridized carbons (Fsp3) is 0.393. The number of ether oxygens (including phenoxy) is 2. The van der Waals surface area contributed by atoms with E-state index in [1.165, 1.54) is 37.6 Å². The number of carbonyl (C=O) groups excluding carboxylic acids is 1. The molecule has 39 heavy (non-hydrogen) atoms. The second-order valence-corrected chi connectivity index (χ2v) is 10.0. The van der Waals surface area contributed by atoms with E-state index in [2.05, 4.69) is 30.4 Å². The second kappa shape index (κ2) is 10.8. The maximum atomic E-state index is 15.4. The maximum Gasteiger partial charge on any atom is 0.274 e. The van der Waals surface area contributed by atoms with Gasteiger partial charge in [0.15, 0.2) is 5.82 Å². The third-order valence-electron chi connectivity index (χ3n) is 7.58. The third kappa shape index (κ3) is 5.17. The summed E-state index contributed by atoms with van der Waals surface area (Å²) in [6, 6.07) is 9.73. The Morgan fingerprint density at radius 1 is 1.21 bits per heavy atom. The Bertz CT molecular complexity index is 1380. The number of methoxy groups -OCH3 is 1. The van der Waals surface area contributed by atoms with Gasteiger partial charge in [-0.25, -0.2) is 18.7 Å². The minimum absolute atomic E-state index is 0.0211. The number of halogens is 2. The Kier molecular flexibility index (Phi) is 7.11. The molecule has 3 aromatic rings. The average Bonchev–Trinajstić information content (AvgIpc) is 3.59. The lowest BCUT2D eigenvalue weighted by atomic mass is 10.1. The van der Waals surface area contributed by atoms with Crippen molar-refractivity contribution < 1.29 is 23.0 Å². The number of hydrogen-bond donors (Lipinski definition) is 2. The molecule has 9 nitrogen and oxygen atoms in total. The van der Waals surface area contributed by atoms with Crippen LogP contribution >= 0.6 is 0 Å². The van der Waals surface area contributed by atoms with Crippen LogP contribution in [0.25, 0.3) is 11.4 Å². The molecule has 3 fully saturated rings. The van der Waals surface area contributed by atoms with Crippen LogP contribution in [0.3, 0.4) is 0 Å². The summed E-state index contributed by atoms with van der Waals surface area (Å²) >= 11 is 0. The second-order valence-electron chi connectivity index (χ2n) is 10.0. The summed E-state index contributed by atoms with van der Waals surface area (Å²) in [6.07, 6.45) is 2.39. The molecule has 4 heterocycles. The highest BCUT2D eigenvalue weighted by Crippen LogP contribution is 2.37. The zero-order chi connectivity index (χ0) is 26.9. The summed E-state index contributed by atoms with van der Waals surface area (Å²) in [5.74, 6) is -1.22. The van der Waals surface area contributed by atoms with Gasteiger partial charge >= 0.3 is 0 Å². The van der Waals surface area contributed by atoms with Gasteiger partial charge in [0.1, 0.15) is 23.1 Å². The number of rotatable bonds is 7. The number of amides is 1. The number of fused-ring (bicyclic) bond motifs is 2. The maximum absolute atomic E-state index is 15.4. The van der Waals surface area contributed by atoms with Crippen LogP contribution in [0.2, 0.25) is 0 Å². The molecule has 3 aliphatic heterocycles. The van der Waals surface area contributed by atoms with Gasteiger partial charge in [-0.3, -0.25) is 9.69 Å². The first-order valence-electron chi connectivity index (χ1n) is 13.1. The van der Waals surface area contributed by atoms with Crippen molar-refractivity contribution in [1.82, 2.24) is 20.2 Å². The van der Waals surface area contributed by atoms with Crippen LogP contribution in [-0.4, -0.2) is 79.4 Å². The molecule has 3 aliphatic rings. The molecule has 0 unspecified atom stereocenters. The average molecular weight is 537 g/mol. The van der Waals surface area contributed by atoms with Crippen LogP contribution in [0.4, 0.5) is 20.2 Å². The van der Waals surface area contributed by atoms with E-state index in [1.807, 2.05) is 6.07 Å². The Morgan fingerprint density at radius 3 is 2.79 bits per heavy atom. The van der Waals surface area contributed by atoms with E-state index in [0.29, 0.717) is 37.1 Å². The largest absolute Gasteiger partial charge is 0.496 e. The van der Waals surface area contributed by atoms with E-state index in [0.717, 1.165) is 38.3 Å². The molecule has 204 valence electrons. The Labute approximate surface area is 225 Å². The van der Waals surface area contributed by atoms with Crippen molar-refractivity contribution >= 4 is 17.3 Å². The van der Waals surface area contributed by atoms with Gasteiger partial charge in [0.2, 0.25) is 0 Å². The minimum atomic E-state index is -0.565. The van der Waals surface area contributed by atoms with Crippen molar-refractivity contribution in [2.24, 2.45) is 0 Å². The van der Waals surface area contributed by atoms with Gasteiger partial charge in [-0.1, -0.05) is 6.07 Å². The SMILES string of the molecule is COc1cccc(F)c1-c1nccc(C(=O)Nc2cc(F)c(CN3CCOCC3)cc2N2C[C@@H]3C[C@H]2CN3)n1. The number of nitrogens with zero attached hydrogens (tertiary/aromatic N) is 4. The summed E-state index contributed by atoms with van der Waals surface area (Å²) in [4.78, 5) is 26.3. The summed E-state index contributed by atoms with van der Waals surface area (Å²) in [5, 5.41) is 6.35. The van der Waals surface area contributed by atoms with Crippen LogP contribution in [0, 0.1) is 11.6 Å². The molecular formula is C28H30F2N6O3. The van der Waals surface area contributed by atoms with Gasteiger partial charge < -0.3 is 25.0 Å². The molecular weight excluding hydrogens is 506 g/mol. The normalized spacial score (nSPS) is 20.8. The zero-order valence-corrected chi connectivity index (χ0v) is 21.6. The van der Waals surface area contributed by atoms with Crippen molar-refractivity contribution in [2.75, 3.05) is 56.7 Å². The van der Waals surface area contributed by atoms with Gasteiger partial charge in [-0.2, -0.15) is 0 Å². The predicted molar refractivity (Wildman–Crippen MR) is 142 cm³/mol. The Balaban J connectivity index is 1.31. The lowest BCUT2D eigenvalue weighted by Crippen LogP contribution is -2.44. The van der Waals surface area contributed by atoms with Crippen LogP contribution in [0.15, 0.2) is 42.6 Å². The first kappa shape index (κ1) is 25.6. The number of carbonyl (C=O) groups is 1. The van der Waals surface area contributed by atoms with Crippen molar-refractivity contribution in [3.05, 3.63) is 65.5 Å². The van der Waals surface area contributed by atoms with Crippen molar-refractivity contribution in [2.45, 2.75) is 25.0 Å². The zero-order valence-electron chi connectivity index (χ0n) is 21.6. The van der Waals surface area contributed by atoms with E-state index in [-0.39, 0.29) is 34.7 Å². The molecule has 0 saturated carbocycles. The van der Waals surface area contributed by atoms with E-state index < -0.39 is 11.7 Å². The predicted octanol–water partition coefficient (Wildman–Crippen LogP) is 3.07. The van der Waals surface area contributed by atoms with E-state index in [1.54, 1.807) is 6.07 Å². The monoisotopic (exact) mass is 536 g/mol. The first-order valence-corrected chi connectivity index (χ1v) is 13.1. The fourth-order valence-corrected chi connectivity index (χ4v) is 5.60. The molecule has 11 heteroatoms. The van der Waals surface area contributed by atoms with E-state index in [9.17, 15) is 9.18 Å². The number of aromatic nitrogens is 2. The number of benzene rings is 2. The van der Waals surface area contributed by atoms with Crippen LogP contribution in [0.1, 0.15) is 22.5 Å². The summed E-state index contributed by atoms with van der Waals surface area (Å²) in [7, 11) is 1.42. The molecule has 2 atom stereocenters. The summed E-state index contributed by atoms with van der Waals surface area (Å²) in [5.41, 5.74) is 1.83. The summed E-state index contributed by atoms with van der Waals surface area (Å²) < 4.78 is 40.7. The van der Waals surface area contributed by atoms with Crippen LogP contribution in [0.5, 0.6) is 5.75 Å². The quantitative estimate of drug-likeness (QED) is 0.476. The fourth-order valence-electron chi connectivity index (χ4n) is 5.60. The number of hydrogen-bond acceptors (Lipinski definition) is 8. The molecule has 3 saturated heterocycles. The lowest BCUT2D eigenvalue weighted by Gasteiger charge is -2.32. The van der Waals surface area contributed by atoms with Gasteiger partial charge in [0.05, 0.1) is 37.3 Å². The standard InChI is InChI=1S/C28H30F2N6O3/c1-38-25-4-2-3-20(29)26(25)27-31-6-5-22(33-27)28(37)34-23-13-21(30)17(15-35-7-9-39-10-8-35)11-24(23)36-16-18-12-19(36)14-32-18/h2-6,11,13,18-19,32H,7-10,12,14-16H2,1H3,(H,34,37)/t18-,19-/m0/s1. The highest BCUT2D eigenvalue weighted by Gasteiger charge is 2.39. The number of piperazine rings is 1.